The summed E-state index contributed by atoms with van der Waals surface area (Å²) in [5, 5.41) is 2.05. The second-order valence-electron chi connectivity index (χ2n) is 4.87. The molecule has 3 nitrogen and oxygen atoms in total. The monoisotopic (exact) mass is 303 g/mol. The minimum absolute atomic E-state index is 0.185. The molecule has 1 aromatic carbocycles. The lowest BCUT2D eigenvalue weighted by Gasteiger charge is -2.22. The highest BCUT2D eigenvalue weighted by Gasteiger charge is 2.14. The van der Waals surface area contributed by atoms with Gasteiger partial charge in [-0.2, -0.15) is 0 Å². The molecule has 1 amide bonds. The number of nitrogens with zero attached hydrogens (tertiary/aromatic N) is 1. The molecular weight excluding hydrogens is 282 g/mol. The minimum Gasteiger partial charge on any atom is -0.383 e. The Labute approximate surface area is 130 Å². The first-order valence-corrected chi connectivity index (χ1v) is 8.00. The van der Waals surface area contributed by atoms with Crippen LogP contribution in [-0.4, -0.2) is 31.1 Å². The van der Waals surface area contributed by atoms with E-state index in [0.717, 1.165) is 12.0 Å². The summed E-state index contributed by atoms with van der Waals surface area (Å²) in [6, 6.07) is 14.2. The van der Waals surface area contributed by atoms with Crippen molar-refractivity contribution < 1.29 is 9.53 Å². The van der Waals surface area contributed by atoms with Gasteiger partial charge in [0.05, 0.1) is 6.61 Å². The standard InChI is InChI=1S/C17H21NO2S/c1-20-12-11-18(14-15-6-3-2-4-7-15)17(19)10-9-16-8-5-13-21-16/h2-8,13H,9-12,14H2,1H3. The number of amides is 1. The molecule has 21 heavy (non-hydrogen) atoms. The summed E-state index contributed by atoms with van der Waals surface area (Å²) in [5.41, 5.74) is 1.15. The predicted molar refractivity (Wildman–Crippen MR) is 86.4 cm³/mol. The molecule has 0 N–H and O–H groups in total. The van der Waals surface area contributed by atoms with E-state index in [1.807, 2.05) is 46.7 Å². The number of hydrogen-bond donors (Lipinski definition) is 0. The first-order valence-electron chi connectivity index (χ1n) is 7.12. The summed E-state index contributed by atoms with van der Waals surface area (Å²) >= 11 is 1.70. The number of thiophene rings is 1. The lowest BCUT2D eigenvalue weighted by Crippen LogP contribution is -2.33. The van der Waals surface area contributed by atoms with Crippen LogP contribution in [0.5, 0.6) is 0 Å². The van der Waals surface area contributed by atoms with Crippen LogP contribution in [0.4, 0.5) is 0 Å². The van der Waals surface area contributed by atoms with Gasteiger partial charge in [-0.1, -0.05) is 36.4 Å². The molecule has 0 bridgehead atoms. The largest absolute Gasteiger partial charge is 0.383 e. The highest BCUT2D eigenvalue weighted by molar-refractivity contribution is 7.09. The summed E-state index contributed by atoms with van der Waals surface area (Å²) < 4.78 is 5.12. The topological polar surface area (TPSA) is 29.5 Å². The fourth-order valence-electron chi connectivity index (χ4n) is 2.14. The van der Waals surface area contributed by atoms with Crippen LogP contribution in [0.15, 0.2) is 47.8 Å². The Morgan fingerprint density at radius 2 is 2.00 bits per heavy atom. The van der Waals surface area contributed by atoms with Gasteiger partial charge in [0.25, 0.3) is 0 Å². The fraction of sp³-hybridized carbons (Fsp3) is 0.353. The van der Waals surface area contributed by atoms with Gasteiger partial charge in [0.15, 0.2) is 0 Å². The molecule has 0 spiro atoms. The summed E-state index contributed by atoms with van der Waals surface area (Å²) in [4.78, 5) is 15.6. The van der Waals surface area contributed by atoms with E-state index in [4.69, 9.17) is 4.74 Å². The molecule has 0 unspecified atom stereocenters. The van der Waals surface area contributed by atoms with Gasteiger partial charge in [0.2, 0.25) is 5.91 Å². The van der Waals surface area contributed by atoms with E-state index in [1.165, 1.54) is 4.88 Å². The molecular formula is C17H21NO2S. The molecule has 0 atom stereocenters. The highest BCUT2D eigenvalue weighted by Crippen LogP contribution is 2.13. The van der Waals surface area contributed by atoms with Gasteiger partial charge in [-0.3, -0.25) is 4.79 Å². The number of carbonyl (C=O) groups is 1. The predicted octanol–water partition coefficient (Wildman–Crippen LogP) is 3.36. The summed E-state index contributed by atoms with van der Waals surface area (Å²) in [6.07, 6.45) is 1.37. The quantitative estimate of drug-likeness (QED) is 0.748. The van der Waals surface area contributed by atoms with E-state index >= 15 is 0 Å². The zero-order valence-corrected chi connectivity index (χ0v) is 13.1. The molecule has 0 aliphatic heterocycles. The minimum atomic E-state index is 0.185. The summed E-state index contributed by atoms with van der Waals surface area (Å²) in [6.45, 7) is 1.85. The molecule has 2 aromatic rings. The zero-order chi connectivity index (χ0) is 14.9. The van der Waals surface area contributed by atoms with Crippen molar-refractivity contribution in [2.45, 2.75) is 19.4 Å². The molecule has 0 saturated carbocycles. The Morgan fingerprint density at radius 1 is 1.19 bits per heavy atom. The van der Waals surface area contributed by atoms with Crippen LogP contribution >= 0.6 is 11.3 Å². The maximum Gasteiger partial charge on any atom is 0.223 e. The van der Waals surface area contributed by atoms with Crippen molar-refractivity contribution in [3.05, 3.63) is 58.3 Å². The number of hydrogen-bond acceptors (Lipinski definition) is 3. The van der Waals surface area contributed by atoms with Crippen molar-refractivity contribution in [2.75, 3.05) is 20.3 Å². The Morgan fingerprint density at radius 3 is 2.67 bits per heavy atom. The third-order valence-corrected chi connectivity index (χ3v) is 4.24. The molecule has 112 valence electrons. The lowest BCUT2D eigenvalue weighted by atomic mass is 10.2. The van der Waals surface area contributed by atoms with Crippen molar-refractivity contribution in [3.63, 3.8) is 0 Å². The molecule has 0 aliphatic carbocycles. The average Bonchev–Trinajstić information content (AvgIpc) is 3.03. The van der Waals surface area contributed by atoms with E-state index in [9.17, 15) is 4.79 Å². The van der Waals surface area contributed by atoms with Gasteiger partial charge < -0.3 is 9.64 Å². The molecule has 1 heterocycles. The number of rotatable bonds is 8. The lowest BCUT2D eigenvalue weighted by molar-refractivity contribution is -0.132. The Kier molecular flexibility index (Phi) is 6.44. The first kappa shape index (κ1) is 15.7. The van der Waals surface area contributed by atoms with Crippen LogP contribution < -0.4 is 0 Å². The Hall–Kier alpha value is -1.65. The van der Waals surface area contributed by atoms with E-state index < -0.39 is 0 Å². The molecule has 0 fully saturated rings. The van der Waals surface area contributed by atoms with Crippen LogP contribution in [0.25, 0.3) is 0 Å². The first-order chi connectivity index (χ1) is 10.3. The van der Waals surface area contributed by atoms with Crippen LogP contribution in [0.1, 0.15) is 16.9 Å². The summed E-state index contributed by atoms with van der Waals surface area (Å²) in [7, 11) is 1.66. The van der Waals surface area contributed by atoms with Crippen LogP contribution in [0.2, 0.25) is 0 Å². The molecule has 2 rings (SSSR count). The molecule has 0 saturated heterocycles. The fourth-order valence-corrected chi connectivity index (χ4v) is 2.85. The summed E-state index contributed by atoms with van der Waals surface area (Å²) in [5.74, 6) is 0.185. The van der Waals surface area contributed by atoms with Gasteiger partial charge in [0, 0.05) is 31.5 Å². The van der Waals surface area contributed by atoms with E-state index in [2.05, 4.69) is 6.07 Å². The van der Waals surface area contributed by atoms with Gasteiger partial charge in [0.1, 0.15) is 0 Å². The SMILES string of the molecule is COCCN(Cc1ccccc1)C(=O)CCc1cccs1. The van der Waals surface area contributed by atoms with Crippen LogP contribution in [0.3, 0.4) is 0 Å². The normalized spacial score (nSPS) is 10.5. The smallest absolute Gasteiger partial charge is 0.223 e. The molecule has 0 aliphatic rings. The van der Waals surface area contributed by atoms with Crippen molar-refractivity contribution in [1.82, 2.24) is 4.90 Å². The number of aryl methyl sites for hydroxylation is 1. The number of benzene rings is 1. The maximum absolute atomic E-state index is 12.4. The van der Waals surface area contributed by atoms with Crippen molar-refractivity contribution >= 4 is 17.2 Å². The van der Waals surface area contributed by atoms with Gasteiger partial charge in [-0.15, -0.1) is 11.3 Å². The van der Waals surface area contributed by atoms with Crippen molar-refractivity contribution in [1.29, 1.82) is 0 Å². The van der Waals surface area contributed by atoms with E-state index in [1.54, 1.807) is 18.4 Å². The van der Waals surface area contributed by atoms with Gasteiger partial charge >= 0.3 is 0 Å². The Bertz CT molecular complexity index is 525. The third-order valence-electron chi connectivity index (χ3n) is 3.30. The third kappa shape index (κ3) is 5.33. The Balaban J connectivity index is 1.92. The van der Waals surface area contributed by atoms with E-state index in [-0.39, 0.29) is 5.91 Å². The second-order valence-corrected chi connectivity index (χ2v) is 5.91. The number of carbonyl (C=O) groups excluding carboxylic acids is 1. The van der Waals surface area contributed by atoms with Crippen LogP contribution in [-0.2, 0) is 22.5 Å². The van der Waals surface area contributed by atoms with Gasteiger partial charge in [-0.25, -0.2) is 0 Å². The van der Waals surface area contributed by atoms with Crippen molar-refractivity contribution in [3.8, 4) is 0 Å². The highest BCUT2D eigenvalue weighted by atomic mass is 32.1. The molecule has 4 heteroatoms. The molecule has 0 radical (unpaired) electrons. The maximum atomic E-state index is 12.4. The number of methoxy groups -OCH3 is 1. The zero-order valence-electron chi connectivity index (χ0n) is 12.3. The second kappa shape index (κ2) is 8.60. The van der Waals surface area contributed by atoms with E-state index in [0.29, 0.717) is 26.1 Å². The number of ether oxygens (including phenoxy) is 1. The van der Waals surface area contributed by atoms with Crippen LogP contribution in [0, 0.1) is 0 Å². The van der Waals surface area contributed by atoms with Gasteiger partial charge in [-0.05, 0) is 23.4 Å². The molecule has 1 aromatic heterocycles. The van der Waals surface area contributed by atoms with Crippen molar-refractivity contribution in [2.24, 2.45) is 0 Å². The average molecular weight is 303 g/mol.